The highest BCUT2D eigenvalue weighted by Crippen LogP contribution is 2.24. The molecule has 0 saturated carbocycles. The second-order valence-electron chi connectivity index (χ2n) is 5.70. The van der Waals surface area contributed by atoms with Crippen molar-refractivity contribution in [3.63, 3.8) is 0 Å². The molecule has 0 aliphatic carbocycles. The normalized spacial score (nSPS) is 11.3. The van der Waals surface area contributed by atoms with Crippen LogP contribution in [-0.2, 0) is 10.0 Å². The number of aryl methyl sites for hydroxylation is 2. The maximum atomic E-state index is 12.5. The molecule has 3 rings (SSSR count). The van der Waals surface area contributed by atoms with E-state index in [2.05, 4.69) is 15.4 Å². The Balaban J connectivity index is 1.81. The first-order valence-corrected chi connectivity index (χ1v) is 9.27. The molecule has 0 spiro atoms. The minimum absolute atomic E-state index is 0.0497. The summed E-state index contributed by atoms with van der Waals surface area (Å²) in [6, 6.07) is 15.3. The zero-order valence-corrected chi connectivity index (χ0v) is 15.0. The van der Waals surface area contributed by atoms with E-state index >= 15 is 0 Å². The molecule has 1 aromatic heterocycles. The number of rotatable bonds is 5. The molecule has 8 heteroatoms. The fourth-order valence-corrected chi connectivity index (χ4v) is 3.22. The number of sulfonamides is 1. The molecule has 0 aliphatic heterocycles. The van der Waals surface area contributed by atoms with Crippen molar-refractivity contribution >= 4 is 15.9 Å². The monoisotopic (exact) mass is 371 g/mol. The number of amides is 1. The number of nitrogens with one attached hydrogen (secondary N) is 2. The number of carbonyl (C=O) groups is 1. The number of carbonyl (C=O) groups excluding carboxylic acids is 1. The van der Waals surface area contributed by atoms with Crippen molar-refractivity contribution in [3.05, 3.63) is 71.5 Å². The summed E-state index contributed by atoms with van der Waals surface area (Å²) in [5, 5.41) is 3.91. The maximum absolute atomic E-state index is 12.5. The van der Waals surface area contributed by atoms with Crippen LogP contribution < -0.4 is 10.3 Å². The standard InChI is InChI=1S/C18H17N3O4S/c1-12-8-10-15(11-9-12)26(23,24)21-19-18(22)16-13(2)25-20-17(16)14-6-4-3-5-7-14/h3-11,21H,1-2H3,(H,19,22). The first-order valence-electron chi connectivity index (χ1n) is 7.79. The average molecular weight is 371 g/mol. The topological polar surface area (TPSA) is 101 Å². The summed E-state index contributed by atoms with van der Waals surface area (Å²) in [4.78, 5) is 14.7. The molecule has 0 saturated heterocycles. The molecule has 7 nitrogen and oxygen atoms in total. The van der Waals surface area contributed by atoms with Crippen molar-refractivity contribution in [2.24, 2.45) is 0 Å². The molecular formula is C18H17N3O4S. The van der Waals surface area contributed by atoms with E-state index in [-0.39, 0.29) is 16.2 Å². The van der Waals surface area contributed by atoms with Crippen molar-refractivity contribution < 1.29 is 17.7 Å². The van der Waals surface area contributed by atoms with E-state index in [1.807, 2.05) is 13.0 Å². The van der Waals surface area contributed by atoms with Gasteiger partial charge in [0.1, 0.15) is 17.0 Å². The number of hydrazine groups is 1. The van der Waals surface area contributed by atoms with Crippen LogP contribution in [0.1, 0.15) is 21.7 Å². The maximum Gasteiger partial charge on any atom is 0.272 e. The first kappa shape index (κ1) is 17.8. The van der Waals surface area contributed by atoms with Crippen molar-refractivity contribution in [1.29, 1.82) is 0 Å². The Hall–Kier alpha value is -2.97. The van der Waals surface area contributed by atoms with Crippen molar-refractivity contribution in [3.8, 4) is 11.3 Å². The van der Waals surface area contributed by atoms with Gasteiger partial charge >= 0.3 is 0 Å². The van der Waals surface area contributed by atoms with E-state index in [0.717, 1.165) is 5.56 Å². The largest absolute Gasteiger partial charge is 0.360 e. The Kier molecular flexibility index (Phi) is 4.88. The Morgan fingerprint density at radius 3 is 2.31 bits per heavy atom. The average Bonchev–Trinajstić information content (AvgIpc) is 3.02. The molecule has 2 aromatic carbocycles. The van der Waals surface area contributed by atoms with Crippen LogP contribution in [0.4, 0.5) is 0 Å². The lowest BCUT2D eigenvalue weighted by Gasteiger charge is -2.09. The third-order valence-electron chi connectivity index (χ3n) is 3.77. The van der Waals surface area contributed by atoms with Gasteiger partial charge in [0.2, 0.25) is 0 Å². The molecule has 0 aliphatic rings. The summed E-state index contributed by atoms with van der Waals surface area (Å²) in [7, 11) is -3.89. The van der Waals surface area contributed by atoms with Crippen LogP contribution in [0.3, 0.4) is 0 Å². The fourth-order valence-electron chi connectivity index (χ4n) is 2.38. The SMILES string of the molecule is Cc1ccc(S(=O)(=O)NNC(=O)c2c(-c3ccccc3)noc2C)cc1. The second-order valence-corrected chi connectivity index (χ2v) is 7.38. The van der Waals surface area contributed by atoms with Gasteiger partial charge in [0, 0.05) is 5.56 Å². The summed E-state index contributed by atoms with van der Waals surface area (Å²) in [6.07, 6.45) is 0. The van der Waals surface area contributed by atoms with Crippen molar-refractivity contribution in [1.82, 2.24) is 15.4 Å². The van der Waals surface area contributed by atoms with Gasteiger partial charge in [0.05, 0.1) is 4.90 Å². The van der Waals surface area contributed by atoms with Gasteiger partial charge in [-0.25, -0.2) is 8.42 Å². The fraction of sp³-hybridized carbons (Fsp3) is 0.111. The summed E-state index contributed by atoms with van der Waals surface area (Å²) in [5.74, 6) is -0.367. The molecule has 0 radical (unpaired) electrons. The lowest BCUT2D eigenvalue weighted by Crippen LogP contribution is -2.41. The van der Waals surface area contributed by atoms with Gasteiger partial charge in [-0.3, -0.25) is 10.2 Å². The minimum atomic E-state index is -3.89. The van der Waals surface area contributed by atoms with Gasteiger partial charge in [0.25, 0.3) is 15.9 Å². The second kappa shape index (κ2) is 7.11. The highest BCUT2D eigenvalue weighted by molar-refractivity contribution is 7.89. The van der Waals surface area contributed by atoms with Gasteiger partial charge < -0.3 is 4.52 Å². The molecule has 0 atom stereocenters. The van der Waals surface area contributed by atoms with E-state index in [1.54, 1.807) is 43.3 Å². The van der Waals surface area contributed by atoms with Gasteiger partial charge in [-0.1, -0.05) is 53.2 Å². The molecule has 0 unspecified atom stereocenters. The Morgan fingerprint density at radius 1 is 1.00 bits per heavy atom. The van der Waals surface area contributed by atoms with Gasteiger partial charge in [-0.05, 0) is 26.0 Å². The smallest absolute Gasteiger partial charge is 0.272 e. The Bertz CT molecular complexity index is 1030. The predicted octanol–water partition coefficient (Wildman–Crippen LogP) is 2.58. The van der Waals surface area contributed by atoms with Crippen LogP contribution >= 0.6 is 0 Å². The lowest BCUT2D eigenvalue weighted by molar-refractivity contribution is 0.0944. The van der Waals surface area contributed by atoms with E-state index in [9.17, 15) is 13.2 Å². The number of hydrogen-bond donors (Lipinski definition) is 2. The van der Waals surface area contributed by atoms with Crippen LogP contribution in [0.25, 0.3) is 11.3 Å². The van der Waals surface area contributed by atoms with E-state index in [1.165, 1.54) is 12.1 Å². The highest BCUT2D eigenvalue weighted by atomic mass is 32.2. The molecule has 26 heavy (non-hydrogen) atoms. The van der Waals surface area contributed by atoms with Gasteiger partial charge in [0.15, 0.2) is 0 Å². The van der Waals surface area contributed by atoms with Crippen molar-refractivity contribution in [2.45, 2.75) is 18.7 Å². The number of benzene rings is 2. The molecule has 1 heterocycles. The van der Waals surface area contributed by atoms with E-state index < -0.39 is 15.9 Å². The Labute approximate surface area is 151 Å². The predicted molar refractivity (Wildman–Crippen MR) is 95.6 cm³/mol. The highest BCUT2D eigenvalue weighted by Gasteiger charge is 2.23. The third-order valence-corrected chi connectivity index (χ3v) is 5.03. The minimum Gasteiger partial charge on any atom is -0.360 e. The van der Waals surface area contributed by atoms with Crippen LogP contribution in [-0.4, -0.2) is 19.5 Å². The number of hydrogen-bond acceptors (Lipinski definition) is 5. The van der Waals surface area contributed by atoms with Crippen LogP contribution in [0, 0.1) is 13.8 Å². The third kappa shape index (κ3) is 3.66. The molecule has 2 N–H and O–H groups in total. The molecule has 134 valence electrons. The number of nitrogens with zero attached hydrogens (tertiary/aromatic N) is 1. The summed E-state index contributed by atoms with van der Waals surface area (Å²) >= 11 is 0. The first-order chi connectivity index (χ1) is 12.4. The van der Waals surface area contributed by atoms with E-state index in [0.29, 0.717) is 11.3 Å². The zero-order chi connectivity index (χ0) is 18.7. The van der Waals surface area contributed by atoms with Crippen LogP contribution in [0.2, 0.25) is 0 Å². The molecule has 0 fully saturated rings. The number of aromatic nitrogens is 1. The molecule has 0 bridgehead atoms. The van der Waals surface area contributed by atoms with Crippen molar-refractivity contribution in [2.75, 3.05) is 0 Å². The van der Waals surface area contributed by atoms with Crippen LogP contribution in [0.5, 0.6) is 0 Å². The molecule has 1 amide bonds. The summed E-state index contributed by atoms with van der Waals surface area (Å²) in [6.45, 7) is 3.44. The van der Waals surface area contributed by atoms with Gasteiger partial charge in [-0.15, -0.1) is 4.83 Å². The summed E-state index contributed by atoms with van der Waals surface area (Å²) < 4.78 is 29.7. The van der Waals surface area contributed by atoms with Crippen LogP contribution in [0.15, 0.2) is 64.0 Å². The van der Waals surface area contributed by atoms with Gasteiger partial charge in [-0.2, -0.15) is 0 Å². The quantitative estimate of drug-likeness (QED) is 0.671. The zero-order valence-electron chi connectivity index (χ0n) is 14.2. The Morgan fingerprint density at radius 2 is 1.65 bits per heavy atom. The molecule has 3 aromatic rings. The van der Waals surface area contributed by atoms with E-state index in [4.69, 9.17) is 4.52 Å². The molecular weight excluding hydrogens is 354 g/mol. The lowest BCUT2D eigenvalue weighted by atomic mass is 10.1. The summed E-state index contributed by atoms with van der Waals surface area (Å²) in [5.41, 5.74) is 4.35.